The first-order chi connectivity index (χ1) is 8.24. The Kier molecular flexibility index (Phi) is 4.17. The number of halogens is 1. The number of nitrogen functional groups attached to an aromatic ring is 1. The molecule has 1 aromatic heterocycles. The van der Waals surface area contributed by atoms with Crippen molar-refractivity contribution in [3.8, 4) is 0 Å². The smallest absolute Gasteiger partial charge is 0.140 e. The summed E-state index contributed by atoms with van der Waals surface area (Å²) in [5, 5.41) is 9.67. The largest absolute Gasteiger partial charge is 0.395 e. The molecular formula is C11H17ClN4O. The van der Waals surface area contributed by atoms with Gasteiger partial charge in [0.1, 0.15) is 5.82 Å². The lowest BCUT2D eigenvalue weighted by molar-refractivity contribution is 0.182. The van der Waals surface area contributed by atoms with Gasteiger partial charge in [-0.25, -0.2) is 10.8 Å². The van der Waals surface area contributed by atoms with Crippen molar-refractivity contribution in [1.82, 2.24) is 9.88 Å². The molecule has 4 N–H and O–H groups in total. The molecule has 17 heavy (non-hydrogen) atoms. The summed E-state index contributed by atoms with van der Waals surface area (Å²) in [4.78, 5) is 6.53. The van der Waals surface area contributed by atoms with Crippen LogP contribution in [0.15, 0.2) is 12.1 Å². The SMILES string of the molecule is NNc1ccc(Cl)c(CN(CCO)C2CC2)n1. The summed E-state index contributed by atoms with van der Waals surface area (Å²) in [5.74, 6) is 5.92. The van der Waals surface area contributed by atoms with Crippen molar-refractivity contribution in [3.05, 3.63) is 22.8 Å². The van der Waals surface area contributed by atoms with Gasteiger partial charge in [0, 0.05) is 19.1 Å². The van der Waals surface area contributed by atoms with E-state index in [4.69, 9.17) is 22.6 Å². The molecule has 0 saturated heterocycles. The Balaban J connectivity index is 2.09. The van der Waals surface area contributed by atoms with Crippen LogP contribution in [-0.4, -0.2) is 34.2 Å². The van der Waals surface area contributed by atoms with Crippen molar-refractivity contribution in [2.24, 2.45) is 5.84 Å². The average Bonchev–Trinajstić information content (AvgIpc) is 3.15. The van der Waals surface area contributed by atoms with Crippen LogP contribution in [0.1, 0.15) is 18.5 Å². The first kappa shape index (κ1) is 12.6. The van der Waals surface area contributed by atoms with E-state index in [0.29, 0.717) is 30.0 Å². The van der Waals surface area contributed by atoms with E-state index in [0.717, 1.165) is 5.69 Å². The van der Waals surface area contributed by atoms with E-state index in [-0.39, 0.29) is 6.61 Å². The second-order valence-electron chi connectivity index (χ2n) is 4.19. The summed E-state index contributed by atoms with van der Waals surface area (Å²) in [6.45, 7) is 1.46. The molecule has 0 atom stereocenters. The number of aliphatic hydroxyl groups excluding tert-OH is 1. The van der Waals surface area contributed by atoms with Crippen molar-refractivity contribution in [2.75, 3.05) is 18.6 Å². The van der Waals surface area contributed by atoms with Gasteiger partial charge in [-0.1, -0.05) is 11.6 Å². The van der Waals surface area contributed by atoms with E-state index >= 15 is 0 Å². The first-order valence-corrected chi connectivity index (χ1v) is 6.09. The number of nitrogens with two attached hydrogens (primary N) is 1. The average molecular weight is 257 g/mol. The van der Waals surface area contributed by atoms with Crippen LogP contribution in [0.25, 0.3) is 0 Å². The Hall–Kier alpha value is -0.880. The van der Waals surface area contributed by atoms with E-state index < -0.39 is 0 Å². The number of pyridine rings is 1. The predicted octanol–water partition coefficient (Wildman–Crippen LogP) is 0.977. The molecule has 0 spiro atoms. The molecule has 0 unspecified atom stereocenters. The summed E-state index contributed by atoms with van der Waals surface area (Å²) in [7, 11) is 0. The summed E-state index contributed by atoms with van der Waals surface area (Å²) >= 11 is 6.10. The van der Waals surface area contributed by atoms with Gasteiger partial charge in [0.2, 0.25) is 0 Å². The zero-order valence-electron chi connectivity index (χ0n) is 9.56. The molecule has 1 saturated carbocycles. The van der Waals surface area contributed by atoms with Crippen LogP contribution in [-0.2, 0) is 6.54 Å². The lowest BCUT2D eigenvalue weighted by Gasteiger charge is -2.21. The van der Waals surface area contributed by atoms with Gasteiger partial charge in [0.05, 0.1) is 17.3 Å². The second kappa shape index (κ2) is 5.64. The Morgan fingerprint density at radius 2 is 2.29 bits per heavy atom. The lowest BCUT2D eigenvalue weighted by atomic mass is 10.3. The van der Waals surface area contributed by atoms with Gasteiger partial charge in [-0.05, 0) is 25.0 Å². The Bertz CT molecular complexity index is 384. The van der Waals surface area contributed by atoms with Crippen LogP contribution in [0.2, 0.25) is 5.02 Å². The third-order valence-electron chi connectivity index (χ3n) is 2.87. The van der Waals surface area contributed by atoms with Gasteiger partial charge in [-0.15, -0.1) is 0 Å². The van der Waals surface area contributed by atoms with Gasteiger partial charge in [0.15, 0.2) is 0 Å². The van der Waals surface area contributed by atoms with E-state index in [1.54, 1.807) is 12.1 Å². The number of rotatable bonds is 6. The highest BCUT2D eigenvalue weighted by Gasteiger charge is 2.29. The summed E-state index contributed by atoms with van der Waals surface area (Å²) in [5.41, 5.74) is 3.30. The molecular weight excluding hydrogens is 240 g/mol. The maximum atomic E-state index is 9.03. The van der Waals surface area contributed by atoms with Crippen molar-refractivity contribution in [1.29, 1.82) is 0 Å². The molecule has 0 aromatic carbocycles. The number of hydrazine groups is 1. The van der Waals surface area contributed by atoms with E-state index in [1.165, 1.54) is 12.8 Å². The first-order valence-electron chi connectivity index (χ1n) is 5.71. The highest BCUT2D eigenvalue weighted by Crippen LogP contribution is 2.29. The molecule has 0 radical (unpaired) electrons. The fourth-order valence-electron chi connectivity index (χ4n) is 1.83. The summed E-state index contributed by atoms with van der Waals surface area (Å²) in [6.07, 6.45) is 2.37. The molecule has 1 aliphatic rings. The second-order valence-corrected chi connectivity index (χ2v) is 4.60. The topological polar surface area (TPSA) is 74.4 Å². The Morgan fingerprint density at radius 1 is 1.53 bits per heavy atom. The molecule has 1 fully saturated rings. The van der Waals surface area contributed by atoms with Crippen LogP contribution in [0.5, 0.6) is 0 Å². The number of anilines is 1. The number of hydrogen-bond acceptors (Lipinski definition) is 5. The summed E-state index contributed by atoms with van der Waals surface area (Å²) < 4.78 is 0. The number of hydrogen-bond donors (Lipinski definition) is 3. The highest BCUT2D eigenvalue weighted by molar-refractivity contribution is 6.31. The lowest BCUT2D eigenvalue weighted by Crippen LogP contribution is -2.29. The Labute approximate surface area is 106 Å². The summed E-state index contributed by atoms with van der Waals surface area (Å²) in [6, 6.07) is 4.08. The van der Waals surface area contributed by atoms with Gasteiger partial charge in [0.25, 0.3) is 0 Å². The quantitative estimate of drug-likeness (QED) is 0.523. The van der Waals surface area contributed by atoms with Crippen molar-refractivity contribution in [3.63, 3.8) is 0 Å². The number of aromatic nitrogens is 1. The zero-order chi connectivity index (χ0) is 12.3. The fraction of sp³-hybridized carbons (Fsp3) is 0.545. The molecule has 94 valence electrons. The van der Waals surface area contributed by atoms with Crippen molar-refractivity contribution < 1.29 is 5.11 Å². The van der Waals surface area contributed by atoms with Crippen LogP contribution < -0.4 is 11.3 Å². The standard InChI is InChI=1S/C11H17ClN4O/c12-9-3-4-11(15-13)14-10(9)7-16(5-6-17)8-1-2-8/h3-4,8,17H,1-2,5-7,13H2,(H,14,15). The van der Waals surface area contributed by atoms with Gasteiger partial charge in [-0.2, -0.15) is 0 Å². The molecule has 2 rings (SSSR count). The number of nitrogens with one attached hydrogen (secondary N) is 1. The van der Waals surface area contributed by atoms with Gasteiger partial charge in [-0.3, -0.25) is 4.90 Å². The minimum Gasteiger partial charge on any atom is -0.395 e. The zero-order valence-corrected chi connectivity index (χ0v) is 10.3. The van der Waals surface area contributed by atoms with E-state index in [9.17, 15) is 0 Å². The molecule has 1 aromatic rings. The monoisotopic (exact) mass is 256 g/mol. The number of aliphatic hydroxyl groups is 1. The Morgan fingerprint density at radius 3 is 2.88 bits per heavy atom. The third-order valence-corrected chi connectivity index (χ3v) is 3.21. The molecule has 0 amide bonds. The van der Waals surface area contributed by atoms with E-state index in [2.05, 4.69) is 15.3 Å². The van der Waals surface area contributed by atoms with Crippen LogP contribution in [0, 0.1) is 0 Å². The van der Waals surface area contributed by atoms with Crippen LogP contribution in [0.4, 0.5) is 5.82 Å². The highest BCUT2D eigenvalue weighted by atomic mass is 35.5. The fourth-order valence-corrected chi connectivity index (χ4v) is 1.99. The third kappa shape index (κ3) is 3.29. The molecule has 5 nitrogen and oxygen atoms in total. The molecule has 0 bridgehead atoms. The molecule has 6 heteroatoms. The molecule has 1 heterocycles. The van der Waals surface area contributed by atoms with Crippen LogP contribution >= 0.6 is 11.6 Å². The van der Waals surface area contributed by atoms with E-state index in [1.807, 2.05) is 0 Å². The maximum Gasteiger partial charge on any atom is 0.140 e. The van der Waals surface area contributed by atoms with Gasteiger partial charge >= 0.3 is 0 Å². The van der Waals surface area contributed by atoms with Crippen LogP contribution in [0.3, 0.4) is 0 Å². The number of nitrogens with zero attached hydrogens (tertiary/aromatic N) is 2. The maximum absolute atomic E-state index is 9.03. The minimum atomic E-state index is 0.156. The van der Waals surface area contributed by atoms with Crippen molar-refractivity contribution >= 4 is 17.4 Å². The predicted molar refractivity (Wildman–Crippen MR) is 67.6 cm³/mol. The molecule has 0 aliphatic heterocycles. The normalized spacial score (nSPS) is 15.3. The van der Waals surface area contributed by atoms with Gasteiger partial charge < -0.3 is 10.5 Å². The van der Waals surface area contributed by atoms with Crippen molar-refractivity contribution in [2.45, 2.75) is 25.4 Å². The minimum absolute atomic E-state index is 0.156. The molecule has 1 aliphatic carbocycles.